The lowest BCUT2D eigenvalue weighted by Crippen LogP contribution is -2.44. The molecule has 0 heterocycles. The van der Waals surface area contributed by atoms with E-state index in [-0.39, 0.29) is 11.9 Å². The molecule has 1 aromatic carbocycles. The number of halogens is 2. The molecule has 5 heteroatoms. The number of rotatable bonds is 4. The SMILES string of the molecule is C[C@@H](NC1CCCCCCC1)C(=O)Nc1cc(Cl)ccc1Cl. The number of hydrogen-bond acceptors (Lipinski definition) is 2. The molecule has 122 valence electrons. The Morgan fingerprint density at radius 1 is 1.14 bits per heavy atom. The Morgan fingerprint density at radius 2 is 1.77 bits per heavy atom. The number of carbonyl (C=O) groups excluding carboxylic acids is 1. The fraction of sp³-hybridized carbons (Fsp3) is 0.588. The van der Waals surface area contributed by atoms with Gasteiger partial charge in [-0.15, -0.1) is 0 Å². The van der Waals surface area contributed by atoms with Crippen LogP contribution in [0, 0.1) is 0 Å². The Kier molecular flexibility index (Phi) is 7.00. The zero-order valence-electron chi connectivity index (χ0n) is 13.0. The van der Waals surface area contributed by atoms with Gasteiger partial charge in [0.15, 0.2) is 0 Å². The minimum absolute atomic E-state index is 0.0776. The summed E-state index contributed by atoms with van der Waals surface area (Å²) in [6, 6.07) is 5.24. The van der Waals surface area contributed by atoms with E-state index < -0.39 is 0 Å². The predicted octanol–water partition coefficient (Wildman–Crippen LogP) is 5.02. The summed E-state index contributed by atoms with van der Waals surface area (Å²) in [6.45, 7) is 1.90. The molecule has 1 aliphatic carbocycles. The summed E-state index contributed by atoms with van der Waals surface area (Å²) >= 11 is 12.0. The molecule has 0 aliphatic heterocycles. The summed E-state index contributed by atoms with van der Waals surface area (Å²) in [4.78, 5) is 12.3. The fourth-order valence-corrected chi connectivity index (χ4v) is 3.22. The van der Waals surface area contributed by atoms with Crippen LogP contribution < -0.4 is 10.6 Å². The van der Waals surface area contributed by atoms with Gasteiger partial charge in [-0.05, 0) is 38.0 Å². The highest BCUT2D eigenvalue weighted by Crippen LogP contribution is 2.25. The van der Waals surface area contributed by atoms with E-state index in [1.165, 1.54) is 32.1 Å². The Labute approximate surface area is 142 Å². The molecule has 3 nitrogen and oxygen atoms in total. The first-order chi connectivity index (χ1) is 10.6. The minimum Gasteiger partial charge on any atom is -0.323 e. The molecule has 0 saturated heterocycles. The molecule has 0 unspecified atom stereocenters. The topological polar surface area (TPSA) is 41.1 Å². The molecule has 1 atom stereocenters. The van der Waals surface area contributed by atoms with E-state index >= 15 is 0 Å². The second-order valence-electron chi connectivity index (χ2n) is 6.04. The van der Waals surface area contributed by atoms with Gasteiger partial charge in [0.05, 0.1) is 16.8 Å². The van der Waals surface area contributed by atoms with Crippen LogP contribution in [0.4, 0.5) is 5.69 Å². The average Bonchev–Trinajstić information content (AvgIpc) is 2.45. The van der Waals surface area contributed by atoms with Crippen molar-refractivity contribution in [2.45, 2.75) is 64.0 Å². The van der Waals surface area contributed by atoms with Crippen molar-refractivity contribution < 1.29 is 4.79 Å². The van der Waals surface area contributed by atoms with E-state index in [0.29, 0.717) is 21.8 Å². The second-order valence-corrected chi connectivity index (χ2v) is 6.89. The van der Waals surface area contributed by atoms with Crippen LogP contribution in [0.1, 0.15) is 51.9 Å². The van der Waals surface area contributed by atoms with Crippen molar-refractivity contribution in [1.29, 1.82) is 0 Å². The van der Waals surface area contributed by atoms with Gasteiger partial charge >= 0.3 is 0 Å². The van der Waals surface area contributed by atoms with Crippen LogP contribution in [0.2, 0.25) is 10.0 Å². The Hall–Kier alpha value is -0.770. The molecule has 1 aliphatic rings. The lowest BCUT2D eigenvalue weighted by Gasteiger charge is -2.24. The van der Waals surface area contributed by atoms with Crippen molar-refractivity contribution in [3.05, 3.63) is 28.2 Å². The molecule has 1 fully saturated rings. The van der Waals surface area contributed by atoms with E-state index in [0.717, 1.165) is 12.8 Å². The lowest BCUT2D eigenvalue weighted by atomic mass is 9.96. The fourth-order valence-electron chi connectivity index (χ4n) is 2.89. The van der Waals surface area contributed by atoms with Crippen molar-refractivity contribution in [3.63, 3.8) is 0 Å². The van der Waals surface area contributed by atoms with Crippen molar-refractivity contribution in [2.24, 2.45) is 0 Å². The molecule has 2 rings (SSSR count). The van der Waals surface area contributed by atoms with Crippen LogP contribution in [0.5, 0.6) is 0 Å². The first-order valence-corrected chi connectivity index (χ1v) is 8.84. The molecule has 1 aromatic rings. The van der Waals surface area contributed by atoms with Crippen molar-refractivity contribution in [2.75, 3.05) is 5.32 Å². The van der Waals surface area contributed by atoms with Gasteiger partial charge in [0.25, 0.3) is 0 Å². The van der Waals surface area contributed by atoms with E-state index in [1.54, 1.807) is 18.2 Å². The van der Waals surface area contributed by atoms with Gasteiger partial charge in [0.2, 0.25) is 5.91 Å². The number of carbonyl (C=O) groups is 1. The summed E-state index contributed by atoms with van der Waals surface area (Å²) in [7, 11) is 0. The van der Waals surface area contributed by atoms with Crippen LogP contribution in [-0.4, -0.2) is 18.0 Å². The molecule has 0 bridgehead atoms. The van der Waals surface area contributed by atoms with Crippen molar-refractivity contribution in [3.8, 4) is 0 Å². The Balaban J connectivity index is 1.89. The third-order valence-corrected chi connectivity index (χ3v) is 4.74. The van der Waals surface area contributed by atoms with Gasteiger partial charge in [-0.3, -0.25) is 4.79 Å². The van der Waals surface area contributed by atoms with Gasteiger partial charge < -0.3 is 10.6 Å². The molecule has 1 amide bonds. The van der Waals surface area contributed by atoms with E-state index in [4.69, 9.17) is 23.2 Å². The molecule has 22 heavy (non-hydrogen) atoms. The zero-order valence-corrected chi connectivity index (χ0v) is 14.5. The zero-order chi connectivity index (χ0) is 15.9. The molecule has 2 N–H and O–H groups in total. The summed E-state index contributed by atoms with van der Waals surface area (Å²) < 4.78 is 0. The van der Waals surface area contributed by atoms with Crippen molar-refractivity contribution in [1.82, 2.24) is 5.32 Å². The second kappa shape index (κ2) is 8.76. The third kappa shape index (κ3) is 5.45. The lowest BCUT2D eigenvalue weighted by molar-refractivity contribution is -0.118. The van der Waals surface area contributed by atoms with Crippen LogP contribution in [0.3, 0.4) is 0 Å². The van der Waals surface area contributed by atoms with Gasteiger partial charge in [0.1, 0.15) is 0 Å². The molecule has 0 radical (unpaired) electrons. The average molecular weight is 343 g/mol. The maximum absolute atomic E-state index is 12.3. The molecule has 1 saturated carbocycles. The predicted molar refractivity (Wildman–Crippen MR) is 93.8 cm³/mol. The number of benzene rings is 1. The quantitative estimate of drug-likeness (QED) is 0.806. The largest absolute Gasteiger partial charge is 0.323 e. The van der Waals surface area contributed by atoms with E-state index in [9.17, 15) is 4.79 Å². The highest BCUT2D eigenvalue weighted by Gasteiger charge is 2.19. The van der Waals surface area contributed by atoms with Crippen molar-refractivity contribution >= 4 is 34.8 Å². The molecule has 0 aromatic heterocycles. The number of nitrogens with one attached hydrogen (secondary N) is 2. The summed E-state index contributed by atoms with van der Waals surface area (Å²) in [5, 5.41) is 7.36. The smallest absolute Gasteiger partial charge is 0.241 e. The standard InChI is InChI=1S/C17H24Cl2N2O/c1-12(20-14-7-5-3-2-4-6-8-14)17(22)21-16-11-13(18)9-10-15(16)19/h9-12,14,20H,2-8H2,1H3,(H,21,22)/t12-/m1/s1. The van der Waals surface area contributed by atoms with E-state index in [2.05, 4.69) is 10.6 Å². The summed E-state index contributed by atoms with van der Waals surface area (Å²) in [5.41, 5.74) is 0.561. The maximum atomic E-state index is 12.3. The Bertz CT molecular complexity index is 499. The molecule has 0 spiro atoms. The minimum atomic E-state index is -0.250. The molecular formula is C17H24Cl2N2O. The van der Waals surface area contributed by atoms with Crippen LogP contribution >= 0.6 is 23.2 Å². The maximum Gasteiger partial charge on any atom is 0.241 e. The first-order valence-electron chi connectivity index (χ1n) is 8.08. The van der Waals surface area contributed by atoms with Gasteiger partial charge in [-0.2, -0.15) is 0 Å². The molecular weight excluding hydrogens is 319 g/mol. The third-order valence-electron chi connectivity index (χ3n) is 4.17. The number of amides is 1. The first kappa shape index (κ1) is 17.6. The van der Waals surface area contributed by atoms with E-state index in [1.807, 2.05) is 6.92 Å². The van der Waals surface area contributed by atoms with Gasteiger partial charge in [-0.1, -0.05) is 55.3 Å². The summed E-state index contributed by atoms with van der Waals surface area (Å²) in [6.07, 6.45) is 8.73. The van der Waals surface area contributed by atoms with Gasteiger partial charge in [0, 0.05) is 11.1 Å². The highest BCUT2D eigenvalue weighted by molar-refractivity contribution is 6.35. The van der Waals surface area contributed by atoms with Gasteiger partial charge in [-0.25, -0.2) is 0 Å². The summed E-state index contributed by atoms with van der Waals surface area (Å²) in [5.74, 6) is -0.0776. The van der Waals surface area contributed by atoms with Crippen LogP contribution in [0.25, 0.3) is 0 Å². The Morgan fingerprint density at radius 3 is 2.45 bits per heavy atom. The number of hydrogen-bond donors (Lipinski definition) is 2. The number of anilines is 1. The monoisotopic (exact) mass is 342 g/mol. The normalized spacial score (nSPS) is 18.3. The highest BCUT2D eigenvalue weighted by atomic mass is 35.5. The van der Waals surface area contributed by atoms with Crippen LogP contribution in [0.15, 0.2) is 18.2 Å². The van der Waals surface area contributed by atoms with Crippen LogP contribution in [-0.2, 0) is 4.79 Å².